The molecule has 0 amide bonds. The summed E-state index contributed by atoms with van der Waals surface area (Å²) in [6.07, 6.45) is 6.40. The van der Waals surface area contributed by atoms with Crippen LogP contribution in [0.15, 0.2) is 4.90 Å². The third-order valence-electron chi connectivity index (χ3n) is 2.90. The van der Waals surface area contributed by atoms with Gasteiger partial charge in [-0.05, 0) is 38.7 Å². The number of rotatable bonds is 9. The lowest BCUT2D eigenvalue weighted by Gasteiger charge is -2.06. The largest absolute Gasteiger partial charge is 0.281 e. The second kappa shape index (κ2) is 7.91. The Morgan fingerprint density at radius 1 is 1.21 bits per heavy atom. The van der Waals surface area contributed by atoms with Gasteiger partial charge in [-0.15, -0.1) is 0 Å². The van der Waals surface area contributed by atoms with E-state index in [1.807, 2.05) is 11.8 Å². The molecule has 0 saturated carbocycles. The smallest absolute Gasteiger partial charge is 0.244 e. The number of aromatic amines is 1. The van der Waals surface area contributed by atoms with Crippen molar-refractivity contribution in [2.24, 2.45) is 0 Å². The van der Waals surface area contributed by atoms with Crippen LogP contribution in [0.3, 0.4) is 0 Å². The average Bonchev–Trinajstić information content (AvgIpc) is 2.68. The predicted octanol–water partition coefficient (Wildman–Crippen LogP) is 2.23. The highest BCUT2D eigenvalue weighted by Crippen LogP contribution is 2.16. The minimum absolute atomic E-state index is 0.287. The zero-order valence-corrected chi connectivity index (χ0v) is 13.5. The number of hydrogen-bond donors (Lipinski definition) is 2. The van der Waals surface area contributed by atoms with Gasteiger partial charge in [-0.25, -0.2) is 13.1 Å². The Morgan fingerprint density at radius 3 is 2.47 bits per heavy atom. The van der Waals surface area contributed by atoms with Gasteiger partial charge < -0.3 is 0 Å². The van der Waals surface area contributed by atoms with Crippen LogP contribution in [0.5, 0.6) is 0 Å². The van der Waals surface area contributed by atoms with Crippen LogP contribution >= 0.6 is 11.8 Å². The molecule has 110 valence electrons. The predicted molar refractivity (Wildman–Crippen MR) is 80.1 cm³/mol. The lowest BCUT2D eigenvalue weighted by atomic mass is 10.2. The van der Waals surface area contributed by atoms with E-state index >= 15 is 0 Å². The van der Waals surface area contributed by atoms with Crippen molar-refractivity contribution in [3.63, 3.8) is 0 Å². The molecule has 0 spiro atoms. The highest BCUT2D eigenvalue weighted by Gasteiger charge is 2.21. The Balaban J connectivity index is 2.36. The molecule has 0 aromatic carbocycles. The standard InChI is InChI=1S/C12H23N3O2S2/c1-10-12(11(2)15-14-10)19(16,17)13-8-6-4-5-7-9-18-3/h13H,4-9H2,1-3H3,(H,14,15). The molecule has 5 nitrogen and oxygen atoms in total. The summed E-state index contributed by atoms with van der Waals surface area (Å²) in [5.74, 6) is 1.18. The number of thioether (sulfide) groups is 1. The van der Waals surface area contributed by atoms with Crippen molar-refractivity contribution >= 4 is 21.8 Å². The molecule has 0 radical (unpaired) electrons. The zero-order chi connectivity index (χ0) is 14.3. The van der Waals surface area contributed by atoms with Gasteiger partial charge in [0.2, 0.25) is 10.0 Å². The summed E-state index contributed by atoms with van der Waals surface area (Å²) < 4.78 is 26.8. The third-order valence-corrected chi connectivity index (χ3v) is 5.32. The summed E-state index contributed by atoms with van der Waals surface area (Å²) >= 11 is 1.85. The van der Waals surface area contributed by atoms with Crippen LogP contribution in [-0.2, 0) is 10.0 Å². The van der Waals surface area contributed by atoms with E-state index in [2.05, 4.69) is 21.2 Å². The molecular formula is C12H23N3O2S2. The molecule has 1 aromatic heterocycles. The maximum Gasteiger partial charge on any atom is 0.244 e. The summed E-state index contributed by atoms with van der Waals surface area (Å²) in [5, 5.41) is 6.61. The van der Waals surface area contributed by atoms with Crippen LogP contribution in [0.1, 0.15) is 37.1 Å². The van der Waals surface area contributed by atoms with E-state index in [0.717, 1.165) is 19.3 Å². The van der Waals surface area contributed by atoms with Crippen molar-refractivity contribution in [2.75, 3.05) is 18.6 Å². The van der Waals surface area contributed by atoms with Gasteiger partial charge in [-0.3, -0.25) is 5.10 Å². The summed E-state index contributed by atoms with van der Waals surface area (Å²) in [7, 11) is -3.42. The van der Waals surface area contributed by atoms with Crippen LogP contribution in [0.25, 0.3) is 0 Å². The number of H-pyrrole nitrogens is 1. The molecule has 0 fully saturated rings. The number of hydrogen-bond acceptors (Lipinski definition) is 4. The highest BCUT2D eigenvalue weighted by atomic mass is 32.2. The second-order valence-electron chi connectivity index (χ2n) is 4.57. The number of nitrogens with zero attached hydrogens (tertiary/aromatic N) is 1. The highest BCUT2D eigenvalue weighted by molar-refractivity contribution is 7.98. The molecule has 1 heterocycles. The number of sulfonamides is 1. The third kappa shape index (κ3) is 5.16. The molecule has 0 aliphatic carbocycles. The number of nitrogens with one attached hydrogen (secondary N) is 2. The fourth-order valence-corrected chi connectivity index (χ4v) is 3.87. The molecule has 0 bridgehead atoms. The molecule has 7 heteroatoms. The molecule has 0 atom stereocenters. The summed E-state index contributed by atoms with van der Waals surface area (Å²) in [6.45, 7) is 3.91. The number of aromatic nitrogens is 2. The van der Waals surface area contributed by atoms with Crippen LogP contribution < -0.4 is 4.72 Å². The molecule has 0 aliphatic heterocycles. The Kier molecular flexibility index (Phi) is 6.88. The van der Waals surface area contributed by atoms with Gasteiger partial charge in [0, 0.05) is 6.54 Å². The van der Waals surface area contributed by atoms with Crippen LogP contribution in [0, 0.1) is 13.8 Å². The van der Waals surface area contributed by atoms with Crippen LogP contribution in [0.4, 0.5) is 0 Å². The average molecular weight is 305 g/mol. The fraction of sp³-hybridized carbons (Fsp3) is 0.750. The van der Waals surface area contributed by atoms with E-state index in [-0.39, 0.29) is 4.90 Å². The van der Waals surface area contributed by atoms with Crippen molar-refractivity contribution in [2.45, 2.75) is 44.4 Å². The van der Waals surface area contributed by atoms with Gasteiger partial charge in [-0.2, -0.15) is 16.9 Å². The normalized spacial score (nSPS) is 11.9. The first-order valence-corrected chi connectivity index (χ1v) is 9.37. The summed E-state index contributed by atoms with van der Waals surface area (Å²) in [5.41, 5.74) is 1.11. The Morgan fingerprint density at radius 2 is 1.89 bits per heavy atom. The van der Waals surface area contributed by atoms with Gasteiger partial charge in [0.05, 0.1) is 11.4 Å². The van der Waals surface area contributed by atoms with E-state index in [4.69, 9.17) is 0 Å². The Labute approximate surface area is 120 Å². The molecule has 0 saturated heterocycles. The first-order valence-electron chi connectivity index (χ1n) is 6.49. The van der Waals surface area contributed by atoms with Gasteiger partial charge in [0.25, 0.3) is 0 Å². The van der Waals surface area contributed by atoms with Gasteiger partial charge >= 0.3 is 0 Å². The minimum Gasteiger partial charge on any atom is -0.281 e. The lowest BCUT2D eigenvalue weighted by Crippen LogP contribution is -2.25. The van der Waals surface area contributed by atoms with Crippen LogP contribution in [0.2, 0.25) is 0 Å². The quantitative estimate of drug-likeness (QED) is 0.686. The summed E-state index contributed by atoms with van der Waals surface area (Å²) in [6, 6.07) is 0. The molecular weight excluding hydrogens is 282 g/mol. The number of unbranched alkanes of at least 4 members (excludes halogenated alkanes) is 3. The molecule has 1 aromatic rings. The first kappa shape index (κ1) is 16.5. The van der Waals surface area contributed by atoms with Gasteiger partial charge in [0.15, 0.2) is 0 Å². The molecule has 2 N–H and O–H groups in total. The van der Waals surface area contributed by atoms with Crippen molar-refractivity contribution < 1.29 is 8.42 Å². The topological polar surface area (TPSA) is 74.8 Å². The fourth-order valence-electron chi connectivity index (χ4n) is 1.94. The van der Waals surface area contributed by atoms with Crippen LogP contribution in [-0.4, -0.2) is 37.2 Å². The van der Waals surface area contributed by atoms with Crippen molar-refractivity contribution in [1.82, 2.24) is 14.9 Å². The maximum atomic E-state index is 12.1. The van der Waals surface area contributed by atoms with E-state index in [9.17, 15) is 8.42 Å². The van der Waals surface area contributed by atoms with E-state index in [0.29, 0.717) is 17.9 Å². The number of aryl methyl sites for hydroxylation is 2. The maximum absolute atomic E-state index is 12.1. The minimum atomic E-state index is -3.42. The van der Waals surface area contributed by atoms with Gasteiger partial charge in [0.1, 0.15) is 4.90 Å². The molecule has 0 aliphatic rings. The summed E-state index contributed by atoms with van der Waals surface area (Å²) in [4.78, 5) is 0.287. The SMILES string of the molecule is CSCCCCCCNS(=O)(=O)c1c(C)n[nH]c1C. The van der Waals surface area contributed by atoms with E-state index < -0.39 is 10.0 Å². The first-order chi connectivity index (χ1) is 8.99. The van der Waals surface area contributed by atoms with E-state index in [1.165, 1.54) is 12.2 Å². The zero-order valence-electron chi connectivity index (χ0n) is 11.8. The Hall–Kier alpha value is -0.530. The molecule has 19 heavy (non-hydrogen) atoms. The monoisotopic (exact) mass is 305 g/mol. The van der Waals surface area contributed by atoms with E-state index in [1.54, 1.807) is 13.8 Å². The second-order valence-corrected chi connectivity index (χ2v) is 7.26. The van der Waals surface area contributed by atoms with Gasteiger partial charge in [-0.1, -0.05) is 12.8 Å². The lowest BCUT2D eigenvalue weighted by molar-refractivity contribution is 0.573. The van der Waals surface area contributed by atoms with Crippen molar-refractivity contribution in [1.29, 1.82) is 0 Å². The Bertz CT molecular complexity index is 464. The van der Waals surface area contributed by atoms with Crippen molar-refractivity contribution in [3.8, 4) is 0 Å². The molecule has 1 rings (SSSR count). The molecule has 0 unspecified atom stereocenters. The van der Waals surface area contributed by atoms with Crippen molar-refractivity contribution in [3.05, 3.63) is 11.4 Å².